The van der Waals surface area contributed by atoms with Crippen molar-refractivity contribution in [1.82, 2.24) is 20.0 Å². The predicted molar refractivity (Wildman–Crippen MR) is 90.9 cm³/mol. The highest BCUT2D eigenvalue weighted by atomic mass is 16.5. The molecule has 0 aliphatic carbocycles. The van der Waals surface area contributed by atoms with Crippen molar-refractivity contribution in [3.05, 3.63) is 17.0 Å². The van der Waals surface area contributed by atoms with Gasteiger partial charge in [-0.2, -0.15) is 5.10 Å². The smallest absolute Gasteiger partial charge is 0.275 e. The molecule has 0 bridgehead atoms. The molecule has 136 valence electrons. The molecular weight excluding hydrogens is 320 g/mol. The van der Waals surface area contributed by atoms with Crippen molar-refractivity contribution in [2.45, 2.75) is 64.8 Å². The lowest BCUT2D eigenvalue weighted by molar-refractivity contribution is -0.139. The van der Waals surface area contributed by atoms with Gasteiger partial charge in [0, 0.05) is 24.2 Å². The third-order valence-corrected chi connectivity index (χ3v) is 6.19. The highest BCUT2D eigenvalue weighted by molar-refractivity contribution is 5.95. The molecule has 4 heterocycles. The molecule has 1 spiro atoms. The standard InChI is InChI=1S/C18H26N4O3/c1-5-12-11(4)16(20-19-12)17(24)21-7-6-18-14(21)8-15(23)22(18)13(9-25-18)10(2)3/h10,13-14H,5-9H2,1-4H3,(H,19,20)/t13-,14+,18-/m0/s1. The predicted octanol–water partition coefficient (Wildman–Crippen LogP) is 1.48. The van der Waals surface area contributed by atoms with E-state index in [0.717, 1.165) is 17.7 Å². The minimum absolute atomic E-state index is 0.0958. The Balaban J connectivity index is 1.64. The lowest BCUT2D eigenvalue weighted by Crippen LogP contribution is -2.51. The lowest BCUT2D eigenvalue weighted by Gasteiger charge is -2.34. The first-order valence-electron chi connectivity index (χ1n) is 9.21. The maximum atomic E-state index is 13.1. The van der Waals surface area contributed by atoms with Crippen LogP contribution < -0.4 is 0 Å². The molecule has 0 aromatic carbocycles. The summed E-state index contributed by atoms with van der Waals surface area (Å²) in [5.41, 5.74) is 1.73. The van der Waals surface area contributed by atoms with Gasteiger partial charge in [0.05, 0.1) is 25.1 Å². The van der Waals surface area contributed by atoms with E-state index in [1.54, 1.807) is 0 Å². The van der Waals surface area contributed by atoms with Gasteiger partial charge in [0.1, 0.15) is 0 Å². The number of carbonyl (C=O) groups is 2. The molecule has 3 aliphatic heterocycles. The molecule has 0 saturated carbocycles. The average Bonchev–Trinajstić information content (AvgIpc) is 3.28. The van der Waals surface area contributed by atoms with Gasteiger partial charge in [0.15, 0.2) is 11.4 Å². The molecule has 3 atom stereocenters. The van der Waals surface area contributed by atoms with Crippen LogP contribution in [-0.4, -0.2) is 62.8 Å². The number of nitrogens with zero attached hydrogens (tertiary/aromatic N) is 3. The molecule has 1 aromatic heterocycles. The van der Waals surface area contributed by atoms with E-state index in [9.17, 15) is 9.59 Å². The number of aromatic amines is 1. The largest absolute Gasteiger partial charge is 0.351 e. The van der Waals surface area contributed by atoms with Crippen LogP contribution in [0.1, 0.15) is 55.4 Å². The number of hydrogen-bond donors (Lipinski definition) is 1. The number of hydrogen-bond acceptors (Lipinski definition) is 4. The van der Waals surface area contributed by atoms with Gasteiger partial charge in [-0.15, -0.1) is 0 Å². The molecule has 2 amide bonds. The molecule has 0 radical (unpaired) electrons. The quantitative estimate of drug-likeness (QED) is 0.899. The molecule has 7 nitrogen and oxygen atoms in total. The van der Waals surface area contributed by atoms with Gasteiger partial charge in [-0.25, -0.2) is 0 Å². The van der Waals surface area contributed by atoms with Crippen molar-refractivity contribution in [1.29, 1.82) is 0 Å². The topological polar surface area (TPSA) is 78.5 Å². The summed E-state index contributed by atoms with van der Waals surface area (Å²) in [5.74, 6) is 0.348. The second kappa shape index (κ2) is 5.56. The SMILES string of the molecule is CCc1[nH]nc(C(=O)N2CC[C@@]34OC[C@@H](C(C)C)N3C(=O)C[C@@H]24)c1C. The van der Waals surface area contributed by atoms with E-state index in [4.69, 9.17) is 4.74 Å². The third kappa shape index (κ3) is 2.11. The average molecular weight is 346 g/mol. The molecule has 1 aromatic rings. The third-order valence-electron chi connectivity index (χ3n) is 6.19. The van der Waals surface area contributed by atoms with Gasteiger partial charge in [0.25, 0.3) is 5.91 Å². The second-order valence-corrected chi connectivity index (χ2v) is 7.73. The van der Waals surface area contributed by atoms with E-state index in [0.29, 0.717) is 37.6 Å². The Morgan fingerprint density at radius 1 is 1.48 bits per heavy atom. The molecule has 4 rings (SSSR count). The number of nitrogens with one attached hydrogen (secondary N) is 1. The first-order chi connectivity index (χ1) is 11.9. The monoisotopic (exact) mass is 346 g/mol. The van der Waals surface area contributed by atoms with Crippen LogP contribution in [0.15, 0.2) is 0 Å². The fraction of sp³-hybridized carbons (Fsp3) is 0.722. The fourth-order valence-electron chi connectivity index (χ4n) is 4.74. The summed E-state index contributed by atoms with van der Waals surface area (Å²) >= 11 is 0. The summed E-state index contributed by atoms with van der Waals surface area (Å²) in [4.78, 5) is 29.5. The Bertz CT molecular complexity index is 728. The van der Waals surface area contributed by atoms with Crippen LogP contribution in [0.25, 0.3) is 0 Å². The summed E-state index contributed by atoms with van der Waals surface area (Å²) in [6.07, 6.45) is 1.84. The highest BCUT2D eigenvalue weighted by Crippen LogP contribution is 2.49. The van der Waals surface area contributed by atoms with Crippen molar-refractivity contribution in [3.8, 4) is 0 Å². The van der Waals surface area contributed by atoms with Crippen molar-refractivity contribution in [2.75, 3.05) is 13.2 Å². The minimum atomic E-state index is -0.626. The normalized spacial score (nSPS) is 31.2. The molecule has 25 heavy (non-hydrogen) atoms. The molecular formula is C18H26N4O3. The number of amides is 2. The highest BCUT2D eigenvalue weighted by Gasteiger charge is 2.65. The molecule has 3 aliphatic rings. The molecule has 3 fully saturated rings. The summed E-state index contributed by atoms with van der Waals surface area (Å²) in [6.45, 7) is 9.35. The molecule has 0 unspecified atom stereocenters. The van der Waals surface area contributed by atoms with Gasteiger partial charge in [0.2, 0.25) is 5.91 Å². The van der Waals surface area contributed by atoms with Crippen LogP contribution >= 0.6 is 0 Å². The maximum Gasteiger partial charge on any atom is 0.275 e. The zero-order chi connectivity index (χ0) is 17.9. The van der Waals surface area contributed by atoms with Crippen LogP contribution in [-0.2, 0) is 16.0 Å². The van der Waals surface area contributed by atoms with Gasteiger partial charge in [-0.05, 0) is 19.3 Å². The van der Waals surface area contributed by atoms with Crippen LogP contribution in [0.4, 0.5) is 0 Å². The number of carbonyl (C=O) groups excluding carboxylic acids is 2. The Labute approximate surface area is 147 Å². The number of ether oxygens (including phenoxy) is 1. The fourth-order valence-corrected chi connectivity index (χ4v) is 4.74. The Hall–Kier alpha value is -1.89. The zero-order valence-corrected chi connectivity index (χ0v) is 15.3. The Morgan fingerprint density at radius 3 is 2.88 bits per heavy atom. The van der Waals surface area contributed by atoms with Crippen LogP contribution in [0, 0.1) is 12.8 Å². The summed E-state index contributed by atoms with van der Waals surface area (Å²) in [5, 5.41) is 7.19. The van der Waals surface area contributed by atoms with E-state index in [-0.39, 0.29) is 23.9 Å². The van der Waals surface area contributed by atoms with Gasteiger partial charge in [-0.3, -0.25) is 14.7 Å². The van der Waals surface area contributed by atoms with E-state index >= 15 is 0 Å². The Kier molecular flexibility index (Phi) is 3.68. The first kappa shape index (κ1) is 16.6. The summed E-state index contributed by atoms with van der Waals surface area (Å²) in [7, 11) is 0. The molecule has 3 saturated heterocycles. The summed E-state index contributed by atoms with van der Waals surface area (Å²) < 4.78 is 6.19. The van der Waals surface area contributed by atoms with Crippen molar-refractivity contribution in [2.24, 2.45) is 5.92 Å². The lowest BCUT2D eigenvalue weighted by atomic mass is 10.0. The number of rotatable bonds is 3. The minimum Gasteiger partial charge on any atom is -0.351 e. The Morgan fingerprint density at radius 2 is 2.24 bits per heavy atom. The van der Waals surface area contributed by atoms with Crippen LogP contribution in [0.2, 0.25) is 0 Å². The number of likely N-dealkylation sites (tertiary alicyclic amines) is 1. The zero-order valence-electron chi connectivity index (χ0n) is 15.3. The summed E-state index contributed by atoms with van der Waals surface area (Å²) in [6, 6.07) is -0.108. The van der Waals surface area contributed by atoms with Gasteiger partial charge < -0.3 is 14.5 Å². The van der Waals surface area contributed by atoms with Crippen LogP contribution in [0.5, 0.6) is 0 Å². The van der Waals surface area contributed by atoms with E-state index in [1.807, 2.05) is 23.6 Å². The van der Waals surface area contributed by atoms with Gasteiger partial charge in [-0.1, -0.05) is 20.8 Å². The van der Waals surface area contributed by atoms with E-state index < -0.39 is 5.72 Å². The van der Waals surface area contributed by atoms with E-state index in [1.165, 1.54) is 0 Å². The van der Waals surface area contributed by atoms with Crippen molar-refractivity contribution >= 4 is 11.8 Å². The number of aromatic nitrogens is 2. The van der Waals surface area contributed by atoms with E-state index in [2.05, 4.69) is 24.0 Å². The van der Waals surface area contributed by atoms with Gasteiger partial charge >= 0.3 is 0 Å². The van der Waals surface area contributed by atoms with Crippen LogP contribution in [0.3, 0.4) is 0 Å². The molecule has 1 N–H and O–H groups in total. The molecule has 7 heteroatoms. The second-order valence-electron chi connectivity index (χ2n) is 7.73. The maximum absolute atomic E-state index is 13.1. The van der Waals surface area contributed by atoms with Crippen molar-refractivity contribution < 1.29 is 14.3 Å². The van der Waals surface area contributed by atoms with Crippen molar-refractivity contribution in [3.63, 3.8) is 0 Å². The number of aryl methyl sites for hydroxylation is 1. The number of H-pyrrole nitrogens is 1. The first-order valence-corrected chi connectivity index (χ1v) is 9.21.